The zero-order valence-electron chi connectivity index (χ0n) is 10.4. The zero-order chi connectivity index (χ0) is 12.4. The van der Waals surface area contributed by atoms with Crippen LogP contribution in [0.5, 0.6) is 0 Å². The lowest BCUT2D eigenvalue weighted by Crippen LogP contribution is -2.54. The summed E-state index contributed by atoms with van der Waals surface area (Å²) in [5.74, 6) is 1.41. The van der Waals surface area contributed by atoms with E-state index in [1.54, 1.807) is 0 Å². The molecule has 3 aliphatic heterocycles. The minimum absolute atomic E-state index is 0.996. The second kappa shape index (κ2) is 3.24. The number of benzene rings is 2. The van der Waals surface area contributed by atoms with E-state index in [1.807, 2.05) is 11.8 Å². The number of fused-ring (bicyclic) bond motifs is 3. The summed E-state index contributed by atoms with van der Waals surface area (Å²) in [6.07, 6.45) is 0. The molecule has 1 atom stereocenters. The third-order valence-electron chi connectivity index (χ3n) is 4.37. The molecule has 3 aliphatic rings. The van der Waals surface area contributed by atoms with Gasteiger partial charge < -0.3 is 5.32 Å². The van der Waals surface area contributed by atoms with Crippen LogP contribution >= 0.6 is 11.8 Å². The first-order valence-electron chi connectivity index (χ1n) is 6.60. The summed E-state index contributed by atoms with van der Waals surface area (Å²) in [7, 11) is 0. The Hall–Kier alpha value is -1.71. The molecule has 2 aromatic rings. The van der Waals surface area contributed by atoms with Crippen LogP contribution in [-0.2, 0) is 6.54 Å². The zero-order valence-corrected chi connectivity index (χ0v) is 11.2. The first-order chi connectivity index (χ1) is 9.37. The lowest BCUT2D eigenvalue weighted by atomic mass is 10.1. The van der Waals surface area contributed by atoms with E-state index in [2.05, 4.69) is 53.8 Å². The average Bonchev–Trinajstić information content (AvgIpc) is 2.59. The van der Waals surface area contributed by atoms with Gasteiger partial charge in [-0.3, -0.25) is 0 Å². The molecule has 2 nitrogen and oxygen atoms in total. The van der Waals surface area contributed by atoms with Crippen LogP contribution in [0.15, 0.2) is 64.2 Å². The number of hydrogen-bond acceptors (Lipinski definition) is 2. The molecule has 0 saturated heterocycles. The van der Waals surface area contributed by atoms with E-state index in [1.165, 1.54) is 32.6 Å². The van der Waals surface area contributed by atoms with E-state index in [0.29, 0.717) is 0 Å². The van der Waals surface area contributed by atoms with Crippen LogP contribution in [0.4, 0.5) is 11.4 Å². The molecule has 5 rings (SSSR count). The third kappa shape index (κ3) is 1.13. The molecule has 1 unspecified atom stereocenters. The van der Waals surface area contributed by atoms with Crippen molar-refractivity contribution in [3.63, 3.8) is 0 Å². The molecule has 1 N–H and O–H groups in total. The number of anilines is 1. The predicted molar refractivity (Wildman–Crippen MR) is 79.8 cm³/mol. The van der Waals surface area contributed by atoms with Gasteiger partial charge >= 0.3 is 0 Å². The van der Waals surface area contributed by atoms with E-state index in [0.717, 1.165) is 17.6 Å². The quantitative estimate of drug-likeness (QED) is 0.725. The van der Waals surface area contributed by atoms with E-state index < -0.39 is 0 Å². The van der Waals surface area contributed by atoms with Crippen LogP contribution < -0.4 is 9.80 Å². The molecule has 0 saturated carbocycles. The fraction of sp³-hybridized carbons (Fsp3) is 0.125. The normalized spacial score (nSPS) is 25.7. The number of rotatable bonds is 0. The van der Waals surface area contributed by atoms with Crippen molar-refractivity contribution in [3.05, 3.63) is 64.8 Å². The minimum Gasteiger partial charge on any atom is -0.305 e. The molecule has 0 aliphatic carbocycles. The number of quaternary nitrogens is 1. The molecule has 2 aromatic carbocycles. The van der Waals surface area contributed by atoms with E-state index in [9.17, 15) is 0 Å². The summed E-state index contributed by atoms with van der Waals surface area (Å²) >= 11 is 1.94. The largest absolute Gasteiger partial charge is 0.305 e. The summed E-state index contributed by atoms with van der Waals surface area (Å²) in [5, 5.41) is 3.63. The lowest BCUT2D eigenvalue weighted by molar-refractivity contribution is 0.336. The van der Waals surface area contributed by atoms with E-state index in [4.69, 9.17) is 0 Å². The third-order valence-corrected chi connectivity index (χ3v) is 5.56. The van der Waals surface area contributed by atoms with E-state index >= 15 is 0 Å². The molecular formula is C16H13N2S+. The average molecular weight is 265 g/mol. The van der Waals surface area contributed by atoms with Crippen LogP contribution in [0, 0.1) is 0 Å². The van der Waals surface area contributed by atoms with Gasteiger partial charge in [0.1, 0.15) is 23.7 Å². The molecule has 0 aromatic heterocycles. The van der Waals surface area contributed by atoms with Gasteiger partial charge in [0.2, 0.25) is 5.82 Å². The number of thioether (sulfide) groups is 1. The van der Waals surface area contributed by atoms with Crippen molar-refractivity contribution in [3.8, 4) is 0 Å². The maximum absolute atomic E-state index is 3.63. The Kier molecular flexibility index (Phi) is 1.73. The molecular weight excluding hydrogens is 252 g/mol. The van der Waals surface area contributed by atoms with Crippen LogP contribution in [0.25, 0.3) is 0 Å². The molecule has 0 radical (unpaired) electrons. The van der Waals surface area contributed by atoms with Gasteiger partial charge in [0.15, 0.2) is 5.69 Å². The van der Waals surface area contributed by atoms with Gasteiger partial charge in [-0.15, -0.1) is 0 Å². The number of nitrogens with one attached hydrogen (secondary N) is 1. The van der Waals surface area contributed by atoms with Gasteiger partial charge in [0.25, 0.3) is 0 Å². The Bertz CT molecular complexity index is 750. The first-order valence-corrected chi connectivity index (χ1v) is 7.42. The molecule has 3 heterocycles. The number of nitrogens with zero attached hydrogens (tertiary/aromatic N) is 1. The van der Waals surface area contributed by atoms with Gasteiger partial charge in [-0.25, -0.2) is 4.48 Å². The van der Waals surface area contributed by atoms with Gasteiger partial charge in [-0.2, -0.15) is 0 Å². The Morgan fingerprint density at radius 3 is 2.79 bits per heavy atom. The minimum atomic E-state index is 0.996. The Balaban J connectivity index is 1.75. The van der Waals surface area contributed by atoms with Gasteiger partial charge in [-0.05, 0) is 12.1 Å². The summed E-state index contributed by atoms with van der Waals surface area (Å²) < 4.78 is 0.996. The molecule has 0 amide bonds. The van der Waals surface area contributed by atoms with Crippen LogP contribution in [-0.4, -0.2) is 6.54 Å². The van der Waals surface area contributed by atoms with Gasteiger partial charge in [0.05, 0.1) is 0 Å². The summed E-state index contributed by atoms with van der Waals surface area (Å²) in [6, 6.07) is 17.5. The highest BCUT2D eigenvalue weighted by atomic mass is 32.2. The predicted octanol–water partition coefficient (Wildman–Crippen LogP) is 3.91. The van der Waals surface area contributed by atoms with Gasteiger partial charge in [-0.1, -0.05) is 42.1 Å². The molecule has 3 heteroatoms. The highest BCUT2D eigenvalue weighted by Gasteiger charge is 2.55. The van der Waals surface area contributed by atoms with Crippen molar-refractivity contribution in [1.82, 2.24) is 4.48 Å². The number of hydrogen-bond donors (Lipinski definition) is 1. The first kappa shape index (κ1) is 10.1. The fourth-order valence-corrected chi connectivity index (χ4v) is 4.75. The van der Waals surface area contributed by atoms with Gasteiger partial charge in [0, 0.05) is 16.5 Å². The van der Waals surface area contributed by atoms with Crippen molar-refractivity contribution < 1.29 is 0 Å². The van der Waals surface area contributed by atoms with Crippen molar-refractivity contribution in [2.45, 2.75) is 11.4 Å². The molecule has 2 bridgehead atoms. The van der Waals surface area contributed by atoms with Crippen molar-refractivity contribution in [2.24, 2.45) is 0 Å². The molecule has 92 valence electrons. The van der Waals surface area contributed by atoms with Crippen LogP contribution in [0.3, 0.4) is 0 Å². The highest BCUT2D eigenvalue weighted by molar-refractivity contribution is 8.03. The highest BCUT2D eigenvalue weighted by Crippen LogP contribution is 2.57. The fourth-order valence-electron chi connectivity index (χ4n) is 3.47. The van der Waals surface area contributed by atoms with E-state index in [-0.39, 0.29) is 0 Å². The summed E-state index contributed by atoms with van der Waals surface area (Å²) in [6.45, 7) is 2.21. The maximum Gasteiger partial charge on any atom is 0.227 e. The second-order valence-electron chi connectivity index (χ2n) is 5.41. The molecule has 1 spiro atoms. The lowest BCUT2D eigenvalue weighted by Gasteiger charge is -2.40. The van der Waals surface area contributed by atoms with Crippen LogP contribution in [0.1, 0.15) is 5.56 Å². The smallest absolute Gasteiger partial charge is 0.227 e. The van der Waals surface area contributed by atoms with Crippen LogP contribution in [0.2, 0.25) is 0 Å². The Morgan fingerprint density at radius 1 is 0.947 bits per heavy atom. The topological polar surface area (TPSA) is 12.0 Å². The summed E-state index contributed by atoms with van der Waals surface area (Å²) in [4.78, 5) is 2.93. The second-order valence-corrected chi connectivity index (χ2v) is 6.54. The summed E-state index contributed by atoms with van der Waals surface area (Å²) in [5.41, 5.74) is 4.18. The van der Waals surface area contributed by atoms with Crippen molar-refractivity contribution in [2.75, 3.05) is 11.9 Å². The number of para-hydroxylation sites is 2. The SMILES string of the molecule is c1ccc2c(c1)C[N+]13CC(=C1Nc1ccccc13)S2. The molecule has 19 heavy (non-hydrogen) atoms. The Labute approximate surface area is 116 Å². The van der Waals surface area contributed by atoms with Crippen molar-refractivity contribution in [1.29, 1.82) is 0 Å². The standard InChI is InChI=1S/C16H13N2S/c1-4-8-14-11(5-1)9-18-10-15(19-14)16(18)17-12-6-2-3-7-13(12)18/h1-8,17H,9-10H2/q+1. The van der Waals surface area contributed by atoms with Crippen molar-refractivity contribution >= 4 is 23.1 Å². The molecule has 0 fully saturated rings. The maximum atomic E-state index is 3.63. The Morgan fingerprint density at radius 2 is 1.79 bits per heavy atom. The monoisotopic (exact) mass is 265 g/mol.